The van der Waals surface area contributed by atoms with Crippen LogP contribution in [0.25, 0.3) is 0 Å². The summed E-state index contributed by atoms with van der Waals surface area (Å²) in [4.78, 5) is 0. The molecule has 104 valence electrons. The minimum atomic E-state index is 0.378. The molecule has 0 spiro atoms. The van der Waals surface area contributed by atoms with E-state index in [-0.39, 0.29) is 0 Å². The average molecular weight is 331 g/mol. The summed E-state index contributed by atoms with van der Waals surface area (Å²) in [5.74, 6) is 0. The van der Waals surface area contributed by atoms with Gasteiger partial charge in [0.25, 0.3) is 0 Å². The average Bonchev–Trinajstić information content (AvgIpc) is 2.76. The highest BCUT2D eigenvalue weighted by Gasteiger charge is 2.23. The molecule has 2 nitrogen and oxygen atoms in total. The lowest BCUT2D eigenvalue weighted by Gasteiger charge is -2.19. The Morgan fingerprint density at radius 3 is 2.75 bits per heavy atom. The van der Waals surface area contributed by atoms with Gasteiger partial charge in [-0.05, 0) is 83.1 Å². The molecule has 3 rings (SSSR count). The van der Waals surface area contributed by atoms with Crippen molar-refractivity contribution in [2.75, 3.05) is 11.1 Å². The topological polar surface area (TPSA) is 38.0 Å². The molecule has 0 saturated carbocycles. The highest BCUT2D eigenvalue weighted by Crippen LogP contribution is 2.38. The molecule has 3 heteroatoms. The third-order valence-electron chi connectivity index (χ3n) is 4.00. The fourth-order valence-corrected chi connectivity index (χ4v) is 3.85. The van der Waals surface area contributed by atoms with Crippen molar-refractivity contribution in [3.63, 3.8) is 0 Å². The molecule has 0 saturated heterocycles. The predicted molar refractivity (Wildman–Crippen MR) is 89.2 cm³/mol. The lowest BCUT2D eigenvalue weighted by Crippen LogP contribution is -2.09. The van der Waals surface area contributed by atoms with Crippen LogP contribution in [-0.4, -0.2) is 0 Å². The molecule has 1 unspecified atom stereocenters. The summed E-state index contributed by atoms with van der Waals surface area (Å²) < 4.78 is 1.14. The Bertz CT molecular complexity index is 641. The molecule has 20 heavy (non-hydrogen) atoms. The molecule has 1 aliphatic carbocycles. The summed E-state index contributed by atoms with van der Waals surface area (Å²) in [7, 11) is 0. The zero-order valence-corrected chi connectivity index (χ0v) is 13.4. The molecular weight excluding hydrogens is 312 g/mol. The van der Waals surface area contributed by atoms with Gasteiger partial charge in [-0.15, -0.1) is 0 Å². The number of hydrogen-bond acceptors (Lipinski definition) is 2. The lowest BCUT2D eigenvalue weighted by molar-refractivity contribution is 0.760. The van der Waals surface area contributed by atoms with Gasteiger partial charge in [-0.2, -0.15) is 0 Å². The summed E-state index contributed by atoms with van der Waals surface area (Å²) in [6.45, 7) is 4.27. The second kappa shape index (κ2) is 5.13. The van der Waals surface area contributed by atoms with Crippen LogP contribution in [0.4, 0.5) is 11.4 Å². The van der Waals surface area contributed by atoms with E-state index in [0.29, 0.717) is 6.04 Å². The highest BCUT2D eigenvalue weighted by atomic mass is 79.9. The van der Waals surface area contributed by atoms with Crippen LogP contribution in [0.5, 0.6) is 0 Å². The first-order valence-electron chi connectivity index (χ1n) is 6.96. The van der Waals surface area contributed by atoms with Gasteiger partial charge in [0, 0.05) is 10.2 Å². The fraction of sp³-hybridized carbons (Fsp3) is 0.294. The first-order valence-corrected chi connectivity index (χ1v) is 7.75. The van der Waals surface area contributed by atoms with E-state index in [4.69, 9.17) is 5.73 Å². The van der Waals surface area contributed by atoms with E-state index in [9.17, 15) is 0 Å². The summed E-state index contributed by atoms with van der Waals surface area (Å²) in [6, 6.07) is 11.0. The molecule has 2 aromatic rings. The van der Waals surface area contributed by atoms with Crippen LogP contribution >= 0.6 is 15.9 Å². The largest absolute Gasteiger partial charge is 0.399 e. The molecule has 0 radical (unpaired) electrons. The number of halogens is 1. The summed E-state index contributed by atoms with van der Waals surface area (Å²) in [5, 5.41) is 3.69. The standard InChI is InChI=1S/C17H19BrN2/c1-10-7-11(2)17(15(18)8-10)20-16-6-3-12-9-13(19)4-5-14(12)16/h4-5,7-9,16,20H,3,6,19H2,1-2H3. The lowest BCUT2D eigenvalue weighted by atomic mass is 10.1. The minimum Gasteiger partial charge on any atom is -0.399 e. The highest BCUT2D eigenvalue weighted by molar-refractivity contribution is 9.10. The van der Waals surface area contributed by atoms with Crippen LogP contribution in [0.2, 0.25) is 0 Å². The molecule has 0 heterocycles. The van der Waals surface area contributed by atoms with Crippen molar-refractivity contribution < 1.29 is 0 Å². The van der Waals surface area contributed by atoms with E-state index in [0.717, 1.165) is 23.0 Å². The van der Waals surface area contributed by atoms with Crippen LogP contribution in [0.15, 0.2) is 34.8 Å². The Kier molecular flexibility index (Phi) is 3.47. The zero-order valence-electron chi connectivity index (χ0n) is 11.8. The van der Waals surface area contributed by atoms with E-state index in [1.54, 1.807) is 0 Å². The second-order valence-electron chi connectivity index (χ2n) is 5.63. The monoisotopic (exact) mass is 330 g/mol. The number of nitrogens with one attached hydrogen (secondary N) is 1. The third-order valence-corrected chi connectivity index (χ3v) is 4.62. The van der Waals surface area contributed by atoms with Crippen molar-refractivity contribution in [1.82, 2.24) is 0 Å². The maximum Gasteiger partial charge on any atom is 0.0520 e. The first kappa shape index (κ1) is 13.5. The van der Waals surface area contributed by atoms with Crippen LogP contribution < -0.4 is 11.1 Å². The van der Waals surface area contributed by atoms with Crippen molar-refractivity contribution in [2.45, 2.75) is 32.7 Å². The quantitative estimate of drug-likeness (QED) is 0.780. The molecule has 0 amide bonds. The normalized spacial score (nSPS) is 17.1. The number of benzene rings is 2. The third kappa shape index (κ3) is 2.42. The Balaban J connectivity index is 1.91. The molecular formula is C17H19BrN2. The molecule has 3 N–H and O–H groups in total. The smallest absolute Gasteiger partial charge is 0.0520 e. The fourth-order valence-electron chi connectivity index (χ4n) is 3.06. The summed E-state index contributed by atoms with van der Waals surface area (Å²) in [6.07, 6.45) is 2.22. The van der Waals surface area contributed by atoms with Gasteiger partial charge in [-0.1, -0.05) is 12.1 Å². The van der Waals surface area contributed by atoms with Gasteiger partial charge < -0.3 is 11.1 Å². The molecule has 0 aromatic heterocycles. The van der Waals surface area contributed by atoms with Crippen LogP contribution in [-0.2, 0) is 6.42 Å². The maximum atomic E-state index is 5.87. The number of hydrogen-bond donors (Lipinski definition) is 2. The number of aryl methyl sites for hydroxylation is 3. The minimum absolute atomic E-state index is 0.378. The van der Waals surface area contributed by atoms with Crippen molar-refractivity contribution in [3.05, 3.63) is 57.1 Å². The van der Waals surface area contributed by atoms with Crippen LogP contribution in [0, 0.1) is 13.8 Å². The molecule has 1 atom stereocenters. The van der Waals surface area contributed by atoms with Gasteiger partial charge in [0.05, 0.1) is 11.7 Å². The number of rotatable bonds is 2. The van der Waals surface area contributed by atoms with Gasteiger partial charge >= 0.3 is 0 Å². The summed E-state index contributed by atoms with van der Waals surface area (Å²) >= 11 is 3.67. The molecule has 0 bridgehead atoms. The number of nitrogens with two attached hydrogens (primary N) is 1. The van der Waals surface area contributed by atoms with Gasteiger partial charge in [-0.25, -0.2) is 0 Å². The second-order valence-corrected chi connectivity index (χ2v) is 6.49. The van der Waals surface area contributed by atoms with Crippen LogP contribution in [0.3, 0.4) is 0 Å². The van der Waals surface area contributed by atoms with Crippen molar-refractivity contribution in [3.8, 4) is 0 Å². The van der Waals surface area contributed by atoms with Crippen LogP contribution in [0.1, 0.15) is 34.7 Å². The van der Waals surface area contributed by atoms with E-state index < -0.39 is 0 Å². The first-order chi connectivity index (χ1) is 9.54. The van der Waals surface area contributed by atoms with Gasteiger partial charge in [0.1, 0.15) is 0 Å². The predicted octanol–water partition coefficient (Wildman–Crippen LogP) is 4.75. The number of anilines is 2. The van der Waals surface area contributed by atoms with Gasteiger partial charge in [0.2, 0.25) is 0 Å². The Labute approximate surface area is 128 Å². The SMILES string of the molecule is Cc1cc(C)c(NC2CCc3cc(N)ccc32)c(Br)c1. The molecule has 1 aliphatic rings. The summed E-state index contributed by atoms with van der Waals surface area (Å²) in [5.41, 5.74) is 13.2. The number of fused-ring (bicyclic) bond motifs is 1. The zero-order chi connectivity index (χ0) is 14.3. The van der Waals surface area contributed by atoms with Crippen molar-refractivity contribution in [2.24, 2.45) is 0 Å². The Morgan fingerprint density at radius 1 is 1.20 bits per heavy atom. The van der Waals surface area contributed by atoms with E-state index in [1.807, 2.05) is 6.07 Å². The molecule has 0 aliphatic heterocycles. The molecule has 2 aromatic carbocycles. The maximum absolute atomic E-state index is 5.87. The Hall–Kier alpha value is -1.48. The van der Waals surface area contributed by atoms with Crippen molar-refractivity contribution >= 4 is 27.3 Å². The molecule has 0 fully saturated rings. The Morgan fingerprint density at radius 2 is 2.00 bits per heavy atom. The van der Waals surface area contributed by atoms with Crippen molar-refractivity contribution in [1.29, 1.82) is 0 Å². The van der Waals surface area contributed by atoms with E-state index >= 15 is 0 Å². The van der Waals surface area contributed by atoms with E-state index in [2.05, 4.69) is 59.4 Å². The van der Waals surface area contributed by atoms with E-state index in [1.165, 1.54) is 27.9 Å². The van der Waals surface area contributed by atoms with Gasteiger partial charge in [0.15, 0.2) is 0 Å². The number of nitrogen functional groups attached to an aromatic ring is 1. The van der Waals surface area contributed by atoms with Gasteiger partial charge in [-0.3, -0.25) is 0 Å².